The van der Waals surface area contributed by atoms with Crippen LogP contribution in [0.15, 0.2) is 18.2 Å². The largest absolute Gasteiger partial charge is 0.494 e. The summed E-state index contributed by atoms with van der Waals surface area (Å²) in [6.07, 6.45) is 0. The maximum absolute atomic E-state index is 13.4. The summed E-state index contributed by atoms with van der Waals surface area (Å²) in [7, 11) is -0.930. The molecule has 1 rings (SSSR count). The normalized spacial score (nSPS) is 11.1. The molecular weight excluding hydrogens is 261 g/mol. The first-order valence-corrected chi connectivity index (χ1v) is 6.93. The Morgan fingerprint density at radius 3 is 2.61 bits per heavy atom. The van der Waals surface area contributed by atoms with Gasteiger partial charge >= 0.3 is 0 Å². The highest BCUT2D eigenvalue weighted by atomic mass is 32.2. The number of hydrogen-bond acceptors (Lipinski definition) is 4. The molecule has 0 radical (unpaired) electrons. The van der Waals surface area contributed by atoms with E-state index in [2.05, 4.69) is 5.32 Å². The third kappa shape index (κ3) is 3.99. The van der Waals surface area contributed by atoms with Crippen LogP contribution in [-0.4, -0.2) is 34.2 Å². The molecule has 0 fully saturated rings. The molecule has 1 aromatic rings. The second-order valence-corrected chi connectivity index (χ2v) is 5.74. The summed E-state index contributed by atoms with van der Waals surface area (Å²) in [5, 5.41) is 2.22. The van der Waals surface area contributed by atoms with Gasteiger partial charge in [-0.25, -0.2) is 12.8 Å². The van der Waals surface area contributed by atoms with Gasteiger partial charge in [0.1, 0.15) is 5.75 Å². The zero-order valence-electron chi connectivity index (χ0n) is 10.1. The molecule has 0 spiro atoms. The van der Waals surface area contributed by atoms with E-state index in [1.54, 1.807) is 0 Å². The van der Waals surface area contributed by atoms with Gasteiger partial charge in [-0.05, 0) is 17.7 Å². The van der Waals surface area contributed by atoms with E-state index in [1.807, 2.05) is 0 Å². The minimum Gasteiger partial charge on any atom is -0.494 e. The summed E-state index contributed by atoms with van der Waals surface area (Å²) in [6.45, 7) is 0. The van der Waals surface area contributed by atoms with Gasteiger partial charge in [0.2, 0.25) is 5.91 Å². The van der Waals surface area contributed by atoms with E-state index in [1.165, 1.54) is 26.3 Å². The van der Waals surface area contributed by atoms with Crippen LogP contribution in [0.4, 0.5) is 4.39 Å². The molecular formula is C11H14FNO4S. The lowest BCUT2D eigenvalue weighted by Crippen LogP contribution is -2.27. The van der Waals surface area contributed by atoms with Crippen molar-refractivity contribution in [2.75, 3.05) is 19.9 Å². The lowest BCUT2D eigenvalue weighted by atomic mass is 10.2. The fourth-order valence-corrected chi connectivity index (χ4v) is 2.71. The van der Waals surface area contributed by atoms with E-state index in [0.29, 0.717) is 0 Å². The molecule has 7 heteroatoms. The predicted molar refractivity (Wildman–Crippen MR) is 64.5 cm³/mol. The van der Waals surface area contributed by atoms with Crippen molar-refractivity contribution < 1.29 is 22.3 Å². The Balaban J connectivity index is 2.84. The van der Waals surface area contributed by atoms with Crippen LogP contribution in [0, 0.1) is 5.82 Å². The van der Waals surface area contributed by atoms with Gasteiger partial charge < -0.3 is 10.1 Å². The van der Waals surface area contributed by atoms with Crippen LogP contribution in [0.1, 0.15) is 5.56 Å². The second kappa shape index (κ2) is 5.81. The third-order valence-electron chi connectivity index (χ3n) is 2.23. The minimum atomic E-state index is -3.60. The van der Waals surface area contributed by atoms with Crippen molar-refractivity contribution in [1.82, 2.24) is 5.32 Å². The van der Waals surface area contributed by atoms with Gasteiger partial charge in [-0.1, -0.05) is 6.07 Å². The highest BCUT2D eigenvalue weighted by molar-refractivity contribution is 7.91. The molecule has 100 valence electrons. The van der Waals surface area contributed by atoms with Crippen molar-refractivity contribution in [2.45, 2.75) is 5.75 Å². The number of halogens is 1. The molecule has 1 N–H and O–H groups in total. The van der Waals surface area contributed by atoms with Gasteiger partial charge in [-0.3, -0.25) is 4.79 Å². The van der Waals surface area contributed by atoms with E-state index in [0.717, 1.165) is 6.07 Å². The summed E-state index contributed by atoms with van der Waals surface area (Å²) >= 11 is 0. The van der Waals surface area contributed by atoms with Gasteiger partial charge in [-0.15, -0.1) is 0 Å². The summed E-state index contributed by atoms with van der Waals surface area (Å²) in [5.41, 5.74) is 0.275. The molecule has 0 atom stereocenters. The lowest BCUT2D eigenvalue weighted by Gasteiger charge is -2.06. The van der Waals surface area contributed by atoms with Crippen LogP contribution in [0.3, 0.4) is 0 Å². The van der Waals surface area contributed by atoms with Gasteiger partial charge in [0.15, 0.2) is 21.4 Å². The van der Waals surface area contributed by atoms with Crippen molar-refractivity contribution >= 4 is 15.7 Å². The van der Waals surface area contributed by atoms with Crippen LogP contribution in [0.5, 0.6) is 5.75 Å². The number of nitrogens with one attached hydrogen (secondary N) is 1. The zero-order chi connectivity index (χ0) is 13.8. The van der Waals surface area contributed by atoms with Crippen molar-refractivity contribution in [1.29, 1.82) is 0 Å². The molecule has 0 bridgehead atoms. The average Bonchev–Trinajstić information content (AvgIpc) is 2.27. The van der Waals surface area contributed by atoms with Crippen molar-refractivity contribution in [3.05, 3.63) is 29.6 Å². The number of carbonyl (C=O) groups excluding carboxylic acids is 1. The SMILES string of the molecule is CNC(=O)CS(=O)(=O)Cc1ccc(OC)c(F)c1. The Morgan fingerprint density at radius 2 is 2.11 bits per heavy atom. The smallest absolute Gasteiger partial charge is 0.234 e. The number of methoxy groups -OCH3 is 1. The molecule has 0 heterocycles. The Morgan fingerprint density at radius 1 is 1.44 bits per heavy atom. The predicted octanol–water partition coefficient (Wildman–Crippen LogP) is 0.495. The molecule has 0 aliphatic heterocycles. The molecule has 0 aliphatic rings. The first-order valence-electron chi connectivity index (χ1n) is 5.11. The highest BCUT2D eigenvalue weighted by Crippen LogP contribution is 2.19. The van der Waals surface area contributed by atoms with Gasteiger partial charge in [-0.2, -0.15) is 0 Å². The van der Waals surface area contributed by atoms with E-state index in [4.69, 9.17) is 4.74 Å². The van der Waals surface area contributed by atoms with Gasteiger partial charge in [0.25, 0.3) is 0 Å². The van der Waals surface area contributed by atoms with Crippen LogP contribution in [-0.2, 0) is 20.4 Å². The van der Waals surface area contributed by atoms with E-state index < -0.39 is 27.3 Å². The van der Waals surface area contributed by atoms with Crippen LogP contribution < -0.4 is 10.1 Å². The molecule has 0 saturated heterocycles. The van der Waals surface area contributed by atoms with Gasteiger partial charge in [0, 0.05) is 7.05 Å². The van der Waals surface area contributed by atoms with E-state index in [-0.39, 0.29) is 17.1 Å². The Labute approximate surface area is 105 Å². The number of hydrogen-bond donors (Lipinski definition) is 1. The highest BCUT2D eigenvalue weighted by Gasteiger charge is 2.17. The maximum atomic E-state index is 13.4. The lowest BCUT2D eigenvalue weighted by molar-refractivity contribution is -0.118. The number of amides is 1. The molecule has 1 amide bonds. The Kier molecular flexibility index (Phi) is 4.66. The van der Waals surface area contributed by atoms with Crippen molar-refractivity contribution in [2.24, 2.45) is 0 Å². The Bertz CT molecular complexity index is 542. The quantitative estimate of drug-likeness (QED) is 0.849. The number of rotatable bonds is 5. The average molecular weight is 275 g/mol. The summed E-state index contributed by atoms with van der Waals surface area (Å²) < 4.78 is 41.3. The number of sulfone groups is 1. The van der Waals surface area contributed by atoms with Crippen LogP contribution in [0.25, 0.3) is 0 Å². The molecule has 0 saturated carbocycles. The summed E-state index contributed by atoms with van der Waals surface area (Å²) in [6, 6.07) is 3.88. The first-order chi connectivity index (χ1) is 8.38. The third-order valence-corrected chi connectivity index (χ3v) is 3.71. The van der Waals surface area contributed by atoms with Crippen LogP contribution >= 0.6 is 0 Å². The van der Waals surface area contributed by atoms with Crippen molar-refractivity contribution in [3.8, 4) is 5.75 Å². The van der Waals surface area contributed by atoms with Gasteiger partial charge in [0.05, 0.1) is 12.9 Å². The molecule has 18 heavy (non-hydrogen) atoms. The monoisotopic (exact) mass is 275 g/mol. The standard InChI is InChI=1S/C11H14FNO4S/c1-13-11(14)7-18(15,16)6-8-3-4-10(17-2)9(12)5-8/h3-5H,6-7H2,1-2H3,(H,13,14). The topological polar surface area (TPSA) is 72.5 Å². The fraction of sp³-hybridized carbons (Fsp3) is 0.364. The van der Waals surface area contributed by atoms with Crippen molar-refractivity contribution in [3.63, 3.8) is 0 Å². The number of ether oxygens (including phenoxy) is 1. The first kappa shape index (κ1) is 14.4. The van der Waals surface area contributed by atoms with Crippen LogP contribution in [0.2, 0.25) is 0 Å². The molecule has 0 unspecified atom stereocenters. The van der Waals surface area contributed by atoms with E-state index >= 15 is 0 Å². The zero-order valence-corrected chi connectivity index (χ0v) is 10.9. The Hall–Kier alpha value is -1.63. The molecule has 5 nitrogen and oxygen atoms in total. The fourth-order valence-electron chi connectivity index (χ4n) is 1.38. The number of carbonyl (C=O) groups is 1. The van der Waals surface area contributed by atoms with E-state index in [9.17, 15) is 17.6 Å². The number of benzene rings is 1. The maximum Gasteiger partial charge on any atom is 0.234 e. The summed E-state index contributed by atoms with van der Waals surface area (Å²) in [4.78, 5) is 11.0. The molecule has 0 aliphatic carbocycles. The second-order valence-electron chi connectivity index (χ2n) is 3.67. The minimum absolute atomic E-state index is 0.0439. The summed E-state index contributed by atoms with van der Waals surface area (Å²) in [5.74, 6) is -2.19. The molecule has 1 aromatic carbocycles. The molecule has 0 aromatic heterocycles.